The van der Waals surface area contributed by atoms with E-state index in [1.165, 1.54) is 35.7 Å². The summed E-state index contributed by atoms with van der Waals surface area (Å²) < 4.78 is 22.2. The van der Waals surface area contributed by atoms with Gasteiger partial charge in [0.1, 0.15) is 0 Å². The third kappa shape index (κ3) is 3.77. The Morgan fingerprint density at radius 2 is 1.90 bits per heavy atom. The summed E-state index contributed by atoms with van der Waals surface area (Å²) in [6.07, 6.45) is 2.92. The minimum atomic E-state index is -3.68. The fourth-order valence-electron chi connectivity index (χ4n) is 1.46. The number of primary sulfonamides is 1. The summed E-state index contributed by atoms with van der Waals surface area (Å²) in [6, 6.07) is 9.49. The van der Waals surface area contributed by atoms with Gasteiger partial charge in [-0.25, -0.2) is 13.6 Å². The number of sulfonamides is 1. The summed E-state index contributed by atoms with van der Waals surface area (Å²) in [4.78, 5) is 12.4. The van der Waals surface area contributed by atoms with E-state index in [-0.39, 0.29) is 10.7 Å². The molecular formula is C13H12N2O3S2. The number of rotatable bonds is 5. The third-order valence-electron chi connectivity index (χ3n) is 2.43. The van der Waals surface area contributed by atoms with Crippen molar-refractivity contribution in [2.75, 3.05) is 5.32 Å². The summed E-state index contributed by atoms with van der Waals surface area (Å²) in [6.45, 7) is 0. The lowest BCUT2D eigenvalue weighted by molar-refractivity contribution is 0.105. The molecule has 0 radical (unpaired) electrons. The zero-order valence-corrected chi connectivity index (χ0v) is 11.9. The van der Waals surface area contributed by atoms with Crippen LogP contribution in [0.1, 0.15) is 9.67 Å². The first kappa shape index (κ1) is 14.4. The third-order valence-corrected chi connectivity index (χ3v) is 4.25. The topological polar surface area (TPSA) is 89.3 Å². The molecule has 2 rings (SSSR count). The zero-order valence-electron chi connectivity index (χ0n) is 10.3. The average Bonchev–Trinajstić information content (AvgIpc) is 2.92. The van der Waals surface area contributed by atoms with Gasteiger partial charge < -0.3 is 5.32 Å². The van der Waals surface area contributed by atoms with Gasteiger partial charge in [0.15, 0.2) is 5.78 Å². The highest BCUT2D eigenvalue weighted by molar-refractivity contribution is 7.89. The number of hydrogen-bond donors (Lipinski definition) is 2. The van der Waals surface area contributed by atoms with Gasteiger partial charge in [0.2, 0.25) is 10.0 Å². The van der Waals surface area contributed by atoms with Crippen LogP contribution in [0.5, 0.6) is 0 Å². The van der Waals surface area contributed by atoms with Gasteiger partial charge in [-0.2, -0.15) is 0 Å². The molecule has 0 fully saturated rings. The summed E-state index contributed by atoms with van der Waals surface area (Å²) in [5.41, 5.74) is 0.660. The summed E-state index contributed by atoms with van der Waals surface area (Å²) in [7, 11) is -3.68. The van der Waals surface area contributed by atoms with Gasteiger partial charge >= 0.3 is 0 Å². The van der Waals surface area contributed by atoms with Crippen molar-refractivity contribution in [2.24, 2.45) is 5.14 Å². The molecule has 7 heteroatoms. The maximum absolute atomic E-state index is 11.7. The van der Waals surface area contributed by atoms with E-state index < -0.39 is 10.0 Å². The molecule has 5 nitrogen and oxygen atoms in total. The zero-order chi connectivity index (χ0) is 14.6. The van der Waals surface area contributed by atoms with Gasteiger partial charge in [-0.15, -0.1) is 11.3 Å². The maximum Gasteiger partial charge on any atom is 0.238 e. The summed E-state index contributed by atoms with van der Waals surface area (Å²) in [5.74, 6) is -0.0892. The molecule has 1 aromatic heterocycles. The van der Waals surface area contributed by atoms with Crippen molar-refractivity contribution in [1.29, 1.82) is 0 Å². The van der Waals surface area contributed by atoms with Crippen molar-refractivity contribution < 1.29 is 13.2 Å². The van der Waals surface area contributed by atoms with Gasteiger partial charge in [0, 0.05) is 18.0 Å². The summed E-state index contributed by atoms with van der Waals surface area (Å²) in [5, 5.41) is 9.71. The van der Waals surface area contributed by atoms with Crippen LogP contribution < -0.4 is 10.5 Å². The second-order valence-corrected chi connectivity index (χ2v) is 6.40. The molecule has 0 spiro atoms. The average molecular weight is 308 g/mol. The number of benzene rings is 1. The second-order valence-electron chi connectivity index (χ2n) is 3.89. The maximum atomic E-state index is 11.7. The number of hydrogen-bond acceptors (Lipinski definition) is 5. The lowest BCUT2D eigenvalue weighted by Gasteiger charge is -2.02. The minimum Gasteiger partial charge on any atom is -0.362 e. The van der Waals surface area contributed by atoms with Crippen LogP contribution in [-0.4, -0.2) is 14.2 Å². The normalized spacial score (nSPS) is 11.7. The Morgan fingerprint density at radius 1 is 1.20 bits per heavy atom. The van der Waals surface area contributed by atoms with Gasteiger partial charge in [0.05, 0.1) is 9.77 Å². The molecule has 0 saturated carbocycles. The fourth-order valence-corrected chi connectivity index (χ4v) is 2.62. The van der Waals surface area contributed by atoms with Crippen LogP contribution in [-0.2, 0) is 10.0 Å². The van der Waals surface area contributed by atoms with Crippen molar-refractivity contribution in [1.82, 2.24) is 0 Å². The molecule has 0 saturated heterocycles. The molecule has 0 bridgehead atoms. The monoisotopic (exact) mass is 308 g/mol. The van der Waals surface area contributed by atoms with E-state index in [9.17, 15) is 13.2 Å². The Morgan fingerprint density at radius 3 is 2.45 bits per heavy atom. The van der Waals surface area contributed by atoms with Crippen LogP contribution in [0, 0.1) is 0 Å². The Balaban J connectivity index is 1.99. The van der Waals surface area contributed by atoms with Gasteiger partial charge in [-0.05, 0) is 35.7 Å². The molecule has 104 valence electrons. The number of anilines is 1. The molecule has 0 aliphatic carbocycles. The molecule has 1 heterocycles. The van der Waals surface area contributed by atoms with E-state index in [0.717, 1.165) is 0 Å². The Kier molecular flexibility index (Phi) is 4.33. The van der Waals surface area contributed by atoms with E-state index in [2.05, 4.69) is 5.32 Å². The molecule has 20 heavy (non-hydrogen) atoms. The molecular weight excluding hydrogens is 296 g/mol. The van der Waals surface area contributed by atoms with Gasteiger partial charge in [0.25, 0.3) is 0 Å². The van der Waals surface area contributed by atoms with Crippen LogP contribution in [0.3, 0.4) is 0 Å². The smallest absolute Gasteiger partial charge is 0.238 e. The van der Waals surface area contributed by atoms with Crippen molar-refractivity contribution in [3.05, 3.63) is 58.9 Å². The predicted octanol–water partition coefficient (Wildman–Crippen LogP) is 2.20. The first-order chi connectivity index (χ1) is 9.47. The highest BCUT2D eigenvalue weighted by Gasteiger charge is 2.06. The fraction of sp³-hybridized carbons (Fsp3) is 0. The molecule has 0 aliphatic rings. The number of carbonyl (C=O) groups is 1. The number of nitrogens with two attached hydrogens (primary N) is 1. The van der Waals surface area contributed by atoms with E-state index in [1.54, 1.807) is 18.2 Å². The van der Waals surface area contributed by atoms with Gasteiger partial charge in [-0.3, -0.25) is 4.79 Å². The van der Waals surface area contributed by atoms with Crippen molar-refractivity contribution >= 4 is 32.8 Å². The van der Waals surface area contributed by atoms with Crippen LogP contribution in [0.2, 0.25) is 0 Å². The molecule has 0 aliphatic heterocycles. The minimum absolute atomic E-state index is 0.0432. The van der Waals surface area contributed by atoms with Crippen LogP contribution in [0.4, 0.5) is 5.69 Å². The Hall–Kier alpha value is -1.96. The molecule has 3 N–H and O–H groups in total. The van der Waals surface area contributed by atoms with E-state index >= 15 is 0 Å². The lowest BCUT2D eigenvalue weighted by Crippen LogP contribution is -2.11. The van der Waals surface area contributed by atoms with Crippen LogP contribution in [0.25, 0.3) is 0 Å². The van der Waals surface area contributed by atoms with Crippen LogP contribution >= 0.6 is 11.3 Å². The number of nitrogens with one attached hydrogen (secondary N) is 1. The largest absolute Gasteiger partial charge is 0.362 e. The Labute approximate surface area is 120 Å². The lowest BCUT2D eigenvalue weighted by atomic mass is 10.3. The van der Waals surface area contributed by atoms with Crippen molar-refractivity contribution in [3.63, 3.8) is 0 Å². The molecule has 0 unspecified atom stereocenters. The number of carbonyl (C=O) groups excluding carboxylic acids is 1. The number of thiophene rings is 1. The number of allylic oxidation sites excluding steroid dienone is 1. The second kappa shape index (κ2) is 6.00. The standard InChI is InChI=1S/C13H12N2O3S2/c14-20(17,18)11-5-3-10(4-6-11)15-8-7-12(16)13-2-1-9-19-13/h1-9,15H,(H2,14,17,18). The van der Waals surface area contributed by atoms with Gasteiger partial charge in [-0.1, -0.05) is 6.07 Å². The highest BCUT2D eigenvalue weighted by Crippen LogP contribution is 2.13. The van der Waals surface area contributed by atoms with E-state index in [1.807, 2.05) is 11.4 Å². The van der Waals surface area contributed by atoms with E-state index in [4.69, 9.17) is 5.14 Å². The summed E-state index contributed by atoms with van der Waals surface area (Å²) >= 11 is 1.37. The highest BCUT2D eigenvalue weighted by atomic mass is 32.2. The first-order valence-electron chi connectivity index (χ1n) is 5.60. The quantitative estimate of drug-likeness (QED) is 0.654. The van der Waals surface area contributed by atoms with Crippen molar-refractivity contribution in [3.8, 4) is 0 Å². The first-order valence-corrected chi connectivity index (χ1v) is 8.03. The predicted molar refractivity (Wildman–Crippen MR) is 79.2 cm³/mol. The number of ketones is 1. The molecule has 1 aromatic carbocycles. The Bertz CT molecular complexity index is 717. The van der Waals surface area contributed by atoms with Crippen molar-refractivity contribution in [2.45, 2.75) is 4.90 Å². The SMILES string of the molecule is NS(=O)(=O)c1ccc(NC=CC(=O)c2cccs2)cc1. The molecule has 0 atom stereocenters. The van der Waals surface area contributed by atoms with E-state index in [0.29, 0.717) is 10.6 Å². The van der Waals surface area contributed by atoms with Crippen LogP contribution in [0.15, 0.2) is 58.9 Å². The molecule has 0 amide bonds. The molecule has 2 aromatic rings.